The number of hydrogen-bond acceptors (Lipinski definition) is 5. The van der Waals surface area contributed by atoms with Crippen LogP contribution in [0.25, 0.3) is 0 Å². The van der Waals surface area contributed by atoms with E-state index in [0.717, 1.165) is 29.2 Å². The van der Waals surface area contributed by atoms with Gasteiger partial charge in [0.1, 0.15) is 5.76 Å². The molecule has 0 saturated carbocycles. The van der Waals surface area contributed by atoms with E-state index in [1.807, 2.05) is 13.8 Å². The van der Waals surface area contributed by atoms with E-state index >= 15 is 0 Å². The van der Waals surface area contributed by atoms with Crippen LogP contribution in [-0.4, -0.2) is 26.4 Å². The van der Waals surface area contributed by atoms with Gasteiger partial charge in [0, 0.05) is 30.0 Å². The van der Waals surface area contributed by atoms with E-state index in [1.165, 1.54) is 6.26 Å². The van der Waals surface area contributed by atoms with Gasteiger partial charge in [-0.3, -0.25) is 0 Å². The van der Waals surface area contributed by atoms with Gasteiger partial charge in [-0.1, -0.05) is 12.1 Å². The van der Waals surface area contributed by atoms with Crippen LogP contribution in [0.15, 0.2) is 33.7 Å². The Labute approximate surface area is 125 Å². The molecule has 0 aliphatic carbocycles. The monoisotopic (exact) mass is 308 g/mol. The molecule has 1 heterocycles. The minimum absolute atomic E-state index is 0.255. The summed E-state index contributed by atoms with van der Waals surface area (Å²) in [4.78, 5) is 0.326. The van der Waals surface area contributed by atoms with Crippen LogP contribution in [0, 0.1) is 13.8 Å². The first kappa shape index (κ1) is 15.6. The maximum Gasteiger partial charge on any atom is 0.175 e. The number of aromatic nitrogens is 1. The van der Waals surface area contributed by atoms with Crippen molar-refractivity contribution in [3.8, 4) is 0 Å². The fraction of sp³-hybridized carbons (Fsp3) is 0.400. The quantitative estimate of drug-likeness (QED) is 0.919. The summed E-state index contributed by atoms with van der Waals surface area (Å²) in [5, 5.41) is 7.26. The number of aryl methyl sites for hydroxylation is 2. The molecule has 21 heavy (non-hydrogen) atoms. The summed E-state index contributed by atoms with van der Waals surface area (Å²) in [6, 6.07) is 6.77. The van der Waals surface area contributed by atoms with Crippen LogP contribution >= 0.6 is 0 Å². The fourth-order valence-electron chi connectivity index (χ4n) is 2.39. The summed E-state index contributed by atoms with van der Waals surface area (Å²) in [5.74, 6) is 1.10. The minimum Gasteiger partial charge on any atom is -0.384 e. The SMILES string of the molecule is Cc1noc(C)c1C(C)CNc1ccc(S(C)(=O)=O)cc1. The maximum absolute atomic E-state index is 11.4. The smallest absolute Gasteiger partial charge is 0.175 e. The van der Waals surface area contributed by atoms with Gasteiger partial charge in [0.2, 0.25) is 0 Å². The highest BCUT2D eigenvalue weighted by atomic mass is 32.2. The van der Waals surface area contributed by atoms with E-state index in [9.17, 15) is 8.42 Å². The summed E-state index contributed by atoms with van der Waals surface area (Å²) in [6.07, 6.45) is 1.20. The molecular formula is C15H20N2O3S. The lowest BCUT2D eigenvalue weighted by Crippen LogP contribution is -2.11. The Bertz CT molecular complexity index is 698. The van der Waals surface area contributed by atoms with Crippen molar-refractivity contribution in [2.24, 2.45) is 0 Å². The lowest BCUT2D eigenvalue weighted by atomic mass is 9.99. The summed E-state index contributed by atoms with van der Waals surface area (Å²) >= 11 is 0. The molecular weight excluding hydrogens is 288 g/mol. The predicted octanol–water partition coefficient (Wildman–Crippen LogP) is 2.91. The Morgan fingerprint density at radius 1 is 1.24 bits per heavy atom. The third-order valence-corrected chi connectivity index (χ3v) is 4.60. The van der Waals surface area contributed by atoms with E-state index < -0.39 is 9.84 Å². The van der Waals surface area contributed by atoms with E-state index in [-0.39, 0.29) is 5.92 Å². The number of sulfone groups is 1. The van der Waals surface area contributed by atoms with Gasteiger partial charge in [-0.25, -0.2) is 8.42 Å². The summed E-state index contributed by atoms with van der Waals surface area (Å²) in [7, 11) is -3.15. The van der Waals surface area contributed by atoms with Crippen molar-refractivity contribution >= 4 is 15.5 Å². The van der Waals surface area contributed by atoms with Crippen LogP contribution in [0.1, 0.15) is 29.9 Å². The van der Waals surface area contributed by atoms with Gasteiger partial charge >= 0.3 is 0 Å². The van der Waals surface area contributed by atoms with Crippen LogP contribution in [0.3, 0.4) is 0 Å². The lowest BCUT2D eigenvalue weighted by molar-refractivity contribution is 0.391. The highest BCUT2D eigenvalue weighted by Gasteiger charge is 2.16. The van der Waals surface area contributed by atoms with Gasteiger partial charge in [0.05, 0.1) is 10.6 Å². The molecule has 2 rings (SSSR count). The molecule has 0 aliphatic heterocycles. The van der Waals surface area contributed by atoms with E-state index in [4.69, 9.17) is 4.52 Å². The zero-order valence-corrected chi connectivity index (χ0v) is 13.5. The topological polar surface area (TPSA) is 72.2 Å². The van der Waals surface area contributed by atoms with Gasteiger partial charge in [0.25, 0.3) is 0 Å². The number of hydrogen-bond donors (Lipinski definition) is 1. The number of anilines is 1. The van der Waals surface area contributed by atoms with Crippen LogP contribution < -0.4 is 5.32 Å². The summed E-state index contributed by atoms with van der Waals surface area (Å²) < 4.78 is 28.0. The maximum atomic E-state index is 11.4. The first-order chi connectivity index (χ1) is 9.79. The molecule has 5 nitrogen and oxygen atoms in total. The first-order valence-electron chi connectivity index (χ1n) is 6.76. The van der Waals surface area contributed by atoms with Crippen molar-refractivity contribution in [1.29, 1.82) is 0 Å². The summed E-state index contributed by atoms with van der Waals surface area (Å²) in [5.41, 5.74) is 2.92. The molecule has 1 aromatic heterocycles. The number of rotatable bonds is 5. The second-order valence-corrected chi connectivity index (χ2v) is 7.33. The van der Waals surface area contributed by atoms with Gasteiger partial charge in [0.15, 0.2) is 9.84 Å². The molecule has 0 fully saturated rings. The van der Waals surface area contributed by atoms with Gasteiger partial charge in [-0.05, 0) is 38.1 Å². The molecule has 2 aromatic rings. The lowest BCUT2D eigenvalue weighted by Gasteiger charge is -2.13. The highest BCUT2D eigenvalue weighted by Crippen LogP contribution is 2.23. The molecule has 0 spiro atoms. The van der Waals surface area contributed by atoms with E-state index in [2.05, 4.69) is 17.4 Å². The van der Waals surface area contributed by atoms with Gasteiger partial charge < -0.3 is 9.84 Å². The molecule has 6 heteroatoms. The average molecular weight is 308 g/mol. The van der Waals surface area contributed by atoms with Crippen LogP contribution in [-0.2, 0) is 9.84 Å². The Hall–Kier alpha value is -1.82. The molecule has 0 saturated heterocycles. The third-order valence-electron chi connectivity index (χ3n) is 3.48. The van der Waals surface area contributed by atoms with Crippen LogP contribution in [0.5, 0.6) is 0 Å². The van der Waals surface area contributed by atoms with Gasteiger partial charge in [-0.15, -0.1) is 0 Å². The molecule has 1 aromatic carbocycles. The molecule has 0 amide bonds. The largest absolute Gasteiger partial charge is 0.384 e. The zero-order valence-electron chi connectivity index (χ0n) is 12.7. The molecule has 0 radical (unpaired) electrons. The average Bonchev–Trinajstić information content (AvgIpc) is 2.75. The van der Waals surface area contributed by atoms with E-state index in [0.29, 0.717) is 4.90 Å². The van der Waals surface area contributed by atoms with Crippen molar-refractivity contribution in [1.82, 2.24) is 5.16 Å². The predicted molar refractivity (Wildman–Crippen MR) is 82.4 cm³/mol. The molecule has 114 valence electrons. The highest BCUT2D eigenvalue weighted by molar-refractivity contribution is 7.90. The normalized spacial score (nSPS) is 13.1. The van der Waals surface area contributed by atoms with Gasteiger partial charge in [-0.2, -0.15) is 0 Å². The van der Waals surface area contributed by atoms with Crippen LogP contribution in [0.4, 0.5) is 5.69 Å². The summed E-state index contributed by atoms with van der Waals surface area (Å²) in [6.45, 7) is 6.67. The van der Waals surface area contributed by atoms with E-state index in [1.54, 1.807) is 24.3 Å². The fourth-order valence-corrected chi connectivity index (χ4v) is 3.02. The van der Waals surface area contributed by atoms with Crippen molar-refractivity contribution in [2.75, 3.05) is 18.1 Å². The second-order valence-electron chi connectivity index (χ2n) is 5.32. The number of benzene rings is 1. The molecule has 1 N–H and O–H groups in total. The first-order valence-corrected chi connectivity index (χ1v) is 8.65. The molecule has 0 aliphatic rings. The Morgan fingerprint density at radius 2 is 1.86 bits per heavy atom. The van der Waals surface area contributed by atoms with Crippen molar-refractivity contribution in [3.05, 3.63) is 41.3 Å². The standard InChI is InChI=1S/C15H20N2O3S/c1-10(15-11(2)17-20-12(15)3)9-16-13-5-7-14(8-6-13)21(4,18)19/h5-8,10,16H,9H2,1-4H3. The van der Waals surface area contributed by atoms with Crippen LogP contribution in [0.2, 0.25) is 0 Å². The van der Waals surface area contributed by atoms with Crippen molar-refractivity contribution in [2.45, 2.75) is 31.6 Å². The Morgan fingerprint density at radius 3 is 2.33 bits per heavy atom. The number of nitrogens with zero attached hydrogens (tertiary/aromatic N) is 1. The number of nitrogens with one attached hydrogen (secondary N) is 1. The second kappa shape index (κ2) is 5.89. The van der Waals surface area contributed by atoms with Crippen molar-refractivity contribution in [3.63, 3.8) is 0 Å². The molecule has 0 bridgehead atoms. The minimum atomic E-state index is -3.15. The Kier molecular flexibility index (Phi) is 4.37. The Balaban J connectivity index is 2.03. The third kappa shape index (κ3) is 3.64. The molecule has 1 atom stereocenters. The molecule has 1 unspecified atom stereocenters. The van der Waals surface area contributed by atoms with Crippen molar-refractivity contribution < 1.29 is 12.9 Å². The zero-order chi connectivity index (χ0) is 15.6.